The Hall–Kier alpha value is -2.36. The Balaban J connectivity index is 2.21. The Kier molecular flexibility index (Phi) is 4.35. The van der Waals surface area contributed by atoms with Crippen LogP contribution >= 0.6 is 0 Å². The fourth-order valence-electron chi connectivity index (χ4n) is 2.04. The first-order valence-electron chi connectivity index (χ1n) is 6.42. The van der Waals surface area contributed by atoms with Crippen molar-refractivity contribution in [2.75, 3.05) is 19.5 Å². The number of anilines is 1. The molecule has 0 heterocycles. The van der Waals surface area contributed by atoms with Gasteiger partial charge >= 0.3 is 0 Å². The van der Waals surface area contributed by atoms with Crippen LogP contribution in [0.5, 0.6) is 17.2 Å². The van der Waals surface area contributed by atoms with Crippen LogP contribution in [0.25, 0.3) is 0 Å². The Labute approximate surface area is 119 Å². The van der Waals surface area contributed by atoms with Gasteiger partial charge in [-0.2, -0.15) is 0 Å². The number of nitrogens with one attached hydrogen (secondary N) is 1. The molecule has 1 unspecified atom stereocenters. The third kappa shape index (κ3) is 2.96. The number of benzene rings is 2. The molecular formula is C16H19NO3. The highest BCUT2D eigenvalue weighted by atomic mass is 16.5. The molecule has 0 aromatic heterocycles. The second-order valence-corrected chi connectivity index (χ2v) is 4.50. The smallest absolute Gasteiger partial charge is 0.160 e. The van der Waals surface area contributed by atoms with Gasteiger partial charge in [0.15, 0.2) is 11.5 Å². The van der Waals surface area contributed by atoms with Crippen LogP contribution < -0.4 is 14.8 Å². The van der Waals surface area contributed by atoms with Crippen LogP contribution in [-0.2, 0) is 0 Å². The molecule has 106 valence electrons. The normalized spacial score (nSPS) is 11.8. The third-order valence-corrected chi connectivity index (χ3v) is 3.18. The van der Waals surface area contributed by atoms with Gasteiger partial charge in [-0.15, -0.1) is 0 Å². The molecule has 0 aliphatic carbocycles. The molecule has 0 fully saturated rings. The van der Waals surface area contributed by atoms with Gasteiger partial charge in [-0.3, -0.25) is 0 Å². The molecule has 0 amide bonds. The lowest BCUT2D eigenvalue weighted by Gasteiger charge is -2.18. The first-order chi connectivity index (χ1) is 9.65. The van der Waals surface area contributed by atoms with Crippen LogP contribution in [0.3, 0.4) is 0 Å². The quantitative estimate of drug-likeness (QED) is 0.874. The first-order valence-corrected chi connectivity index (χ1v) is 6.42. The molecule has 0 aliphatic rings. The summed E-state index contributed by atoms with van der Waals surface area (Å²) in [5.74, 6) is 1.40. The number of phenols is 1. The highest BCUT2D eigenvalue weighted by molar-refractivity contribution is 5.57. The van der Waals surface area contributed by atoms with Gasteiger partial charge in [0.1, 0.15) is 5.75 Å². The van der Waals surface area contributed by atoms with Crippen molar-refractivity contribution in [3.8, 4) is 17.2 Å². The maximum absolute atomic E-state index is 9.62. The maximum Gasteiger partial charge on any atom is 0.160 e. The van der Waals surface area contributed by atoms with Crippen molar-refractivity contribution >= 4 is 5.69 Å². The Bertz CT molecular complexity index is 584. The predicted octanol–water partition coefficient (Wildman–Crippen LogP) is 3.58. The second-order valence-electron chi connectivity index (χ2n) is 4.50. The number of ether oxygens (including phenoxy) is 2. The zero-order chi connectivity index (χ0) is 14.5. The number of hydrogen-bond acceptors (Lipinski definition) is 4. The van der Waals surface area contributed by atoms with Crippen LogP contribution in [0.4, 0.5) is 5.69 Å². The summed E-state index contributed by atoms with van der Waals surface area (Å²) in [6.07, 6.45) is 0. The van der Waals surface area contributed by atoms with Crippen LogP contribution in [0.15, 0.2) is 42.5 Å². The average Bonchev–Trinajstić information content (AvgIpc) is 2.48. The molecule has 1 atom stereocenters. The minimum Gasteiger partial charge on any atom is -0.504 e. The summed E-state index contributed by atoms with van der Waals surface area (Å²) in [4.78, 5) is 0. The van der Waals surface area contributed by atoms with Crippen molar-refractivity contribution in [1.29, 1.82) is 0 Å². The maximum atomic E-state index is 9.62. The van der Waals surface area contributed by atoms with E-state index in [9.17, 15) is 5.11 Å². The van der Waals surface area contributed by atoms with Crippen molar-refractivity contribution in [3.05, 3.63) is 48.0 Å². The van der Waals surface area contributed by atoms with Gasteiger partial charge in [0.05, 0.1) is 19.9 Å². The van der Waals surface area contributed by atoms with Gasteiger partial charge in [0, 0.05) is 6.04 Å². The largest absolute Gasteiger partial charge is 0.504 e. The Morgan fingerprint density at radius 2 is 1.70 bits per heavy atom. The summed E-state index contributed by atoms with van der Waals surface area (Å²) in [5, 5.41) is 13.0. The molecule has 0 saturated heterocycles. The molecule has 2 rings (SSSR count). The molecule has 0 radical (unpaired) electrons. The summed E-state index contributed by atoms with van der Waals surface area (Å²) in [6, 6.07) is 13.1. The van der Waals surface area contributed by atoms with Gasteiger partial charge < -0.3 is 19.9 Å². The molecule has 0 aliphatic heterocycles. The zero-order valence-electron chi connectivity index (χ0n) is 11.9. The van der Waals surface area contributed by atoms with Gasteiger partial charge in [-0.25, -0.2) is 0 Å². The summed E-state index contributed by atoms with van der Waals surface area (Å²) in [5.41, 5.74) is 1.94. The number of rotatable bonds is 5. The SMILES string of the molecule is COc1cc(C(C)Nc2ccccc2OC)ccc1O. The number of methoxy groups -OCH3 is 2. The molecule has 0 saturated carbocycles. The van der Waals surface area contributed by atoms with E-state index in [1.54, 1.807) is 13.2 Å². The third-order valence-electron chi connectivity index (χ3n) is 3.18. The molecule has 4 nitrogen and oxygen atoms in total. The lowest BCUT2D eigenvalue weighted by molar-refractivity contribution is 0.372. The molecule has 0 spiro atoms. The van der Waals surface area contributed by atoms with Crippen molar-refractivity contribution in [1.82, 2.24) is 0 Å². The summed E-state index contributed by atoms with van der Waals surface area (Å²) in [6.45, 7) is 2.04. The van der Waals surface area contributed by atoms with E-state index in [-0.39, 0.29) is 11.8 Å². The van der Waals surface area contributed by atoms with Gasteiger partial charge in [0.25, 0.3) is 0 Å². The molecule has 4 heteroatoms. The van der Waals surface area contributed by atoms with Crippen molar-refractivity contribution in [2.45, 2.75) is 13.0 Å². The molecule has 0 bridgehead atoms. The van der Waals surface area contributed by atoms with E-state index in [0.717, 1.165) is 17.0 Å². The number of phenolic OH excluding ortho intramolecular Hbond substituents is 1. The van der Waals surface area contributed by atoms with E-state index in [2.05, 4.69) is 5.32 Å². The lowest BCUT2D eigenvalue weighted by atomic mass is 10.1. The minimum absolute atomic E-state index is 0.0563. The van der Waals surface area contributed by atoms with Gasteiger partial charge in [0.2, 0.25) is 0 Å². The van der Waals surface area contributed by atoms with E-state index in [1.807, 2.05) is 43.3 Å². The topological polar surface area (TPSA) is 50.7 Å². The fraction of sp³-hybridized carbons (Fsp3) is 0.250. The average molecular weight is 273 g/mol. The summed E-state index contributed by atoms with van der Waals surface area (Å²) >= 11 is 0. The van der Waals surface area contributed by atoms with E-state index in [0.29, 0.717) is 5.75 Å². The lowest BCUT2D eigenvalue weighted by Crippen LogP contribution is -2.07. The van der Waals surface area contributed by atoms with Crippen LogP contribution in [0.2, 0.25) is 0 Å². The van der Waals surface area contributed by atoms with Crippen LogP contribution in [-0.4, -0.2) is 19.3 Å². The number of hydrogen-bond donors (Lipinski definition) is 2. The van der Waals surface area contributed by atoms with Crippen molar-refractivity contribution in [2.24, 2.45) is 0 Å². The second kappa shape index (κ2) is 6.19. The first kappa shape index (κ1) is 14.1. The van der Waals surface area contributed by atoms with E-state index in [4.69, 9.17) is 9.47 Å². The standard InChI is InChI=1S/C16H19NO3/c1-11(12-8-9-14(18)16(10-12)20-3)17-13-6-4-5-7-15(13)19-2/h4-11,17-18H,1-3H3. The van der Waals surface area contributed by atoms with Crippen molar-refractivity contribution in [3.63, 3.8) is 0 Å². The Morgan fingerprint density at radius 1 is 1.00 bits per heavy atom. The van der Waals surface area contributed by atoms with E-state index < -0.39 is 0 Å². The van der Waals surface area contributed by atoms with Gasteiger partial charge in [-0.1, -0.05) is 18.2 Å². The van der Waals surface area contributed by atoms with Crippen LogP contribution in [0.1, 0.15) is 18.5 Å². The molecule has 2 aromatic rings. The van der Waals surface area contributed by atoms with Gasteiger partial charge in [-0.05, 0) is 36.8 Å². The van der Waals surface area contributed by atoms with Crippen LogP contribution in [0, 0.1) is 0 Å². The molecule has 20 heavy (non-hydrogen) atoms. The molecular weight excluding hydrogens is 254 g/mol. The minimum atomic E-state index is 0.0563. The summed E-state index contributed by atoms with van der Waals surface area (Å²) in [7, 11) is 3.19. The highest BCUT2D eigenvalue weighted by Crippen LogP contribution is 2.32. The fourth-order valence-corrected chi connectivity index (χ4v) is 2.04. The van der Waals surface area contributed by atoms with E-state index >= 15 is 0 Å². The Morgan fingerprint density at radius 3 is 2.40 bits per heavy atom. The monoisotopic (exact) mass is 273 g/mol. The predicted molar refractivity (Wildman–Crippen MR) is 79.7 cm³/mol. The number of aromatic hydroxyl groups is 1. The molecule has 2 aromatic carbocycles. The van der Waals surface area contributed by atoms with E-state index in [1.165, 1.54) is 7.11 Å². The number of para-hydroxylation sites is 2. The highest BCUT2D eigenvalue weighted by Gasteiger charge is 2.11. The van der Waals surface area contributed by atoms with Crippen molar-refractivity contribution < 1.29 is 14.6 Å². The molecule has 2 N–H and O–H groups in total. The summed E-state index contributed by atoms with van der Waals surface area (Å²) < 4.78 is 10.4. The zero-order valence-corrected chi connectivity index (χ0v) is 11.9.